The van der Waals surface area contributed by atoms with E-state index in [1.165, 1.54) is 0 Å². The van der Waals surface area contributed by atoms with Gasteiger partial charge >= 0.3 is 0 Å². The van der Waals surface area contributed by atoms with Crippen molar-refractivity contribution in [3.05, 3.63) is 48.0 Å². The second kappa shape index (κ2) is 10.5. The molecule has 0 spiro atoms. The molecule has 0 saturated carbocycles. The normalized spacial score (nSPS) is 17.3. The second-order valence-corrected chi connectivity index (χ2v) is 8.32. The van der Waals surface area contributed by atoms with E-state index < -0.39 is 6.04 Å². The highest BCUT2D eigenvalue weighted by atomic mass is 16.2. The average molecular weight is 409 g/mol. The van der Waals surface area contributed by atoms with E-state index in [9.17, 15) is 14.4 Å². The Labute approximate surface area is 178 Å². The number of carbonyl (C=O) groups excluding carboxylic acids is 3. The standard InChI is InChI=1S/C25H32N2O3/c1-18(28)20(9-4-5-14-26)16-24(29)23-13-7-15-27(23)25(30)17-21-11-6-10-19-8-2-3-12-22(19)21/h2-3,6,8,10-12,20,23H,4-5,7,9,13-17,26H2,1H3/t20-,23+/m1/s1. The fraction of sp³-hybridized carbons (Fsp3) is 0.480. The lowest BCUT2D eigenvalue weighted by Gasteiger charge is -2.25. The van der Waals surface area contributed by atoms with Crippen LogP contribution in [0, 0.1) is 5.92 Å². The number of nitrogens with two attached hydrogens (primary N) is 1. The van der Waals surface area contributed by atoms with Gasteiger partial charge in [0.05, 0.1) is 12.5 Å². The Morgan fingerprint density at radius 1 is 1.10 bits per heavy atom. The predicted octanol–water partition coefficient (Wildman–Crippen LogP) is 3.67. The summed E-state index contributed by atoms with van der Waals surface area (Å²) in [6, 6.07) is 13.6. The largest absolute Gasteiger partial charge is 0.332 e. The molecule has 5 heteroatoms. The molecule has 5 nitrogen and oxygen atoms in total. The van der Waals surface area contributed by atoms with Crippen LogP contribution in [0.5, 0.6) is 0 Å². The Morgan fingerprint density at radius 3 is 2.63 bits per heavy atom. The Morgan fingerprint density at radius 2 is 1.87 bits per heavy atom. The fourth-order valence-electron chi connectivity index (χ4n) is 4.47. The smallest absolute Gasteiger partial charge is 0.227 e. The first kappa shape index (κ1) is 22.2. The lowest BCUT2D eigenvalue weighted by atomic mass is 9.90. The molecular formula is C25H32N2O3. The average Bonchev–Trinajstić information content (AvgIpc) is 3.23. The number of ketones is 2. The third-order valence-corrected chi connectivity index (χ3v) is 6.20. The topological polar surface area (TPSA) is 80.5 Å². The van der Waals surface area contributed by atoms with Crippen molar-refractivity contribution in [2.75, 3.05) is 13.1 Å². The Kier molecular flexibility index (Phi) is 7.75. The number of benzene rings is 2. The van der Waals surface area contributed by atoms with Crippen molar-refractivity contribution in [2.24, 2.45) is 11.7 Å². The molecule has 0 bridgehead atoms. The highest BCUT2D eigenvalue weighted by molar-refractivity contribution is 5.95. The predicted molar refractivity (Wildman–Crippen MR) is 119 cm³/mol. The van der Waals surface area contributed by atoms with Crippen LogP contribution in [0.2, 0.25) is 0 Å². The van der Waals surface area contributed by atoms with E-state index in [0.717, 1.165) is 35.6 Å². The number of hydrogen-bond donors (Lipinski definition) is 1. The van der Waals surface area contributed by atoms with Gasteiger partial charge in [0.15, 0.2) is 5.78 Å². The number of unbranched alkanes of at least 4 members (excludes halogenated alkanes) is 1. The second-order valence-electron chi connectivity index (χ2n) is 8.32. The summed E-state index contributed by atoms with van der Waals surface area (Å²) in [5.74, 6) is -0.205. The summed E-state index contributed by atoms with van der Waals surface area (Å²) < 4.78 is 0. The van der Waals surface area contributed by atoms with E-state index >= 15 is 0 Å². The zero-order valence-electron chi connectivity index (χ0n) is 17.8. The third kappa shape index (κ3) is 5.33. The van der Waals surface area contributed by atoms with E-state index in [4.69, 9.17) is 5.73 Å². The van der Waals surface area contributed by atoms with Crippen molar-refractivity contribution in [1.82, 2.24) is 4.90 Å². The molecule has 1 aliphatic heterocycles. The zero-order valence-corrected chi connectivity index (χ0v) is 17.8. The summed E-state index contributed by atoms with van der Waals surface area (Å²) in [7, 11) is 0. The summed E-state index contributed by atoms with van der Waals surface area (Å²) in [6.45, 7) is 2.76. The van der Waals surface area contributed by atoms with Crippen molar-refractivity contribution in [2.45, 2.75) is 57.9 Å². The summed E-state index contributed by atoms with van der Waals surface area (Å²) in [5, 5.41) is 2.19. The monoisotopic (exact) mass is 408 g/mol. The van der Waals surface area contributed by atoms with Crippen LogP contribution >= 0.6 is 0 Å². The Hall–Kier alpha value is -2.53. The molecule has 1 saturated heterocycles. The molecule has 2 N–H and O–H groups in total. The lowest BCUT2D eigenvalue weighted by Crippen LogP contribution is -2.42. The number of likely N-dealkylation sites (tertiary alicyclic amines) is 1. The van der Waals surface area contributed by atoms with Crippen molar-refractivity contribution >= 4 is 28.2 Å². The van der Waals surface area contributed by atoms with Gasteiger partial charge in [0.25, 0.3) is 0 Å². The Balaban J connectivity index is 1.67. The van der Waals surface area contributed by atoms with Crippen molar-refractivity contribution in [3.63, 3.8) is 0 Å². The molecule has 1 heterocycles. The van der Waals surface area contributed by atoms with Crippen LogP contribution in [0.4, 0.5) is 0 Å². The van der Waals surface area contributed by atoms with Gasteiger partial charge in [-0.25, -0.2) is 0 Å². The van der Waals surface area contributed by atoms with Gasteiger partial charge in [-0.3, -0.25) is 14.4 Å². The first-order valence-corrected chi connectivity index (χ1v) is 11.0. The van der Waals surface area contributed by atoms with Crippen molar-refractivity contribution in [3.8, 4) is 0 Å². The first-order valence-electron chi connectivity index (χ1n) is 11.0. The van der Waals surface area contributed by atoms with E-state index in [-0.39, 0.29) is 36.2 Å². The van der Waals surface area contributed by atoms with E-state index in [1.54, 1.807) is 11.8 Å². The molecule has 30 heavy (non-hydrogen) atoms. The number of rotatable bonds is 10. The summed E-state index contributed by atoms with van der Waals surface area (Å²) in [6.07, 6.45) is 4.43. The van der Waals surface area contributed by atoms with Crippen LogP contribution in [-0.4, -0.2) is 41.5 Å². The SMILES string of the molecule is CC(=O)[C@H](CCCCN)CC(=O)[C@@H]1CCCN1C(=O)Cc1cccc2ccccc12. The quantitative estimate of drug-likeness (QED) is 0.608. The molecular weight excluding hydrogens is 376 g/mol. The minimum atomic E-state index is -0.399. The van der Waals surface area contributed by atoms with Crippen LogP contribution < -0.4 is 5.73 Å². The maximum Gasteiger partial charge on any atom is 0.227 e. The number of fused-ring (bicyclic) bond motifs is 1. The van der Waals surface area contributed by atoms with Crippen LogP contribution in [0.15, 0.2) is 42.5 Å². The van der Waals surface area contributed by atoms with E-state index in [0.29, 0.717) is 25.9 Å². The number of nitrogens with zero attached hydrogens (tertiary/aromatic N) is 1. The van der Waals surface area contributed by atoms with Gasteiger partial charge in [0.1, 0.15) is 5.78 Å². The van der Waals surface area contributed by atoms with Crippen LogP contribution in [0.1, 0.15) is 51.0 Å². The molecule has 1 amide bonds. The summed E-state index contributed by atoms with van der Waals surface area (Å²) >= 11 is 0. The Bertz CT molecular complexity index is 903. The maximum absolute atomic E-state index is 13.1. The van der Waals surface area contributed by atoms with Crippen molar-refractivity contribution in [1.29, 1.82) is 0 Å². The minimum absolute atomic E-state index is 0.00953. The highest BCUT2D eigenvalue weighted by Crippen LogP contribution is 2.25. The highest BCUT2D eigenvalue weighted by Gasteiger charge is 2.35. The number of amides is 1. The van der Waals surface area contributed by atoms with Crippen LogP contribution in [0.3, 0.4) is 0 Å². The molecule has 2 aromatic carbocycles. The zero-order chi connectivity index (χ0) is 21.5. The lowest BCUT2D eigenvalue weighted by molar-refractivity contribution is -0.138. The number of hydrogen-bond acceptors (Lipinski definition) is 4. The van der Waals surface area contributed by atoms with Gasteiger partial charge in [0, 0.05) is 18.9 Å². The molecule has 0 aromatic heterocycles. The molecule has 0 radical (unpaired) electrons. The number of carbonyl (C=O) groups is 3. The van der Waals surface area contributed by atoms with Gasteiger partial charge in [-0.1, -0.05) is 48.9 Å². The summed E-state index contributed by atoms with van der Waals surface area (Å²) in [5.41, 5.74) is 6.53. The van der Waals surface area contributed by atoms with Gasteiger partial charge in [-0.2, -0.15) is 0 Å². The van der Waals surface area contributed by atoms with E-state index in [1.807, 2.05) is 42.5 Å². The first-order chi connectivity index (χ1) is 14.5. The van der Waals surface area contributed by atoms with Crippen LogP contribution in [-0.2, 0) is 20.8 Å². The minimum Gasteiger partial charge on any atom is -0.332 e. The molecule has 2 atom stereocenters. The van der Waals surface area contributed by atoms with Gasteiger partial charge < -0.3 is 10.6 Å². The van der Waals surface area contributed by atoms with Gasteiger partial charge in [-0.05, 0) is 55.5 Å². The van der Waals surface area contributed by atoms with Gasteiger partial charge in [0.2, 0.25) is 5.91 Å². The number of Topliss-reactive ketones (excluding diaryl/α,β-unsaturated/α-hetero) is 2. The molecule has 160 valence electrons. The molecule has 0 aliphatic carbocycles. The molecule has 0 unspecified atom stereocenters. The summed E-state index contributed by atoms with van der Waals surface area (Å²) in [4.78, 5) is 39.8. The molecule has 1 fully saturated rings. The molecule has 3 rings (SSSR count). The molecule has 1 aliphatic rings. The fourth-order valence-corrected chi connectivity index (χ4v) is 4.47. The maximum atomic E-state index is 13.1. The van der Waals surface area contributed by atoms with Crippen LogP contribution in [0.25, 0.3) is 10.8 Å². The van der Waals surface area contributed by atoms with E-state index in [2.05, 4.69) is 0 Å². The molecule has 2 aromatic rings. The van der Waals surface area contributed by atoms with Crippen molar-refractivity contribution < 1.29 is 14.4 Å². The van der Waals surface area contributed by atoms with Gasteiger partial charge in [-0.15, -0.1) is 0 Å². The third-order valence-electron chi connectivity index (χ3n) is 6.20.